The van der Waals surface area contributed by atoms with E-state index in [0.717, 1.165) is 5.56 Å². The maximum Gasteiger partial charge on any atom is 0.241 e. The van der Waals surface area contributed by atoms with Crippen molar-refractivity contribution >= 4 is 33.4 Å². The van der Waals surface area contributed by atoms with E-state index in [2.05, 4.69) is 4.72 Å². The Kier molecular flexibility index (Phi) is 8.34. The number of hydrogen-bond acceptors (Lipinski definition) is 5. The lowest BCUT2D eigenvalue weighted by Crippen LogP contribution is -2.52. The smallest absolute Gasteiger partial charge is 0.241 e. The van der Waals surface area contributed by atoms with E-state index in [9.17, 15) is 18.0 Å². The van der Waals surface area contributed by atoms with Gasteiger partial charge in [0.1, 0.15) is 11.8 Å². The molecular formula is C23H28ClN3O5S. The SMILES string of the molecule is CCOc1ccc(S(=O)(=O)N[C@@H](Cc2ccccc2)C(=O)N2CCC(C(N)=O)CC2)cc1Cl. The van der Waals surface area contributed by atoms with Crippen molar-refractivity contribution in [3.63, 3.8) is 0 Å². The monoisotopic (exact) mass is 493 g/mol. The Morgan fingerprint density at radius 2 is 1.85 bits per heavy atom. The number of sulfonamides is 1. The fourth-order valence-electron chi connectivity index (χ4n) is 3.81. The number of rotatable bonds is 9. The number of hydrogen-bond donors (Lipinski definition) is 2. The number of carbonyl (C=O) groups is 2. The molecule has 2 aromatic rings. The molecular weight excluding hydrogens is 466 g/mol. The summed E-state index contributed by atoms with van der Waals surface area (Å²) >= 11 is 6.17. The van der Waals surface area contributed by atoms with Crippen molar-refractivity contribution in [2.45, 2.75) is 37.1 Å². The molecule has 0 spiro atoms. The minimum Gasteiger partial charge on any atom is -0.492 e. The van der Waals surface area contributed by atoms with Crippen LogP contribution >= 0.6 is 11.6 Å². The molecule has 0 bridgehead atoms. The van der Waals surface area contributed by atoms with Crippen LogP contribution in [0.1, 0.15) is 25.3 Å². The molecule has 3 rings (SSSR count). The highest BCUT2D eigenvalue weighted by molar-refractivity contribution is 7.89. The summed E-state index contributed by atoms with van der Waals surface area (Å²) in [6.07, 6.45) is 1.10. The molecule has 0 unspecified atom stereocenters. The average molecular weight is 494 g/mol. The van der Waals surface area contributed by atoms with Crippen LogP contribution in [-0.4, -0.2) is 50.9 Å². The normalized spacial score (nSPS) is 15.8. The maximum absolute atomic E-state index is 13.3. The number of ether oxygens (including phenoxy) is 1. The summed E-state index contributed by atoms with van der Waals surface area (Å²) < 4.78 is 34.2. The van der Waals surface area contributed by atoms with Gasteiger partial charge in [-0.3, -0.25) is 9.59 Å². The second-order valence-corrected chi connectivity index (χ2v) is 10.0. The van der Waals surface area contributed by atoms with Crippen LogP contribution in [0.5, 0.6) is 5.75 Å². The molecule has 1 fully saturated rings. The van der Waals surface area contributed by atoms with Gasteiger partial charge >= 0.3 is 0 Å². The molecule has 0 aromatic heterocycles. The van der Waals surface area contributed by atoms with Gasteiger partial charge in [-0.2, -0.15) is 4.72 Å². The van der Waals surface area contributed by atoms with Gasteiger partial charge in [-0.1, -0.05) is 41.9 Å². The highest BCUT2D eigenvalue weighted by Crippen LogP contribution is 2.28. The number of primary amides is 1. The van der Waals surface area contributed by atoms with Crippen molar-refractivity contribution < 1.29 is 22.7 Å². The summed E-state index contributed by atoms with van der Waals surface area (Å²) in [7, 11) is -4.05. The Balaban J connectivity index is 1.82. The van der Waals surface area contributed by atoms with Gasteiger partial charge in [0.2, 0.25) is 21.8 Å². The van der Waals surface area contributed by atoms with E-state index >= 15 is 0 Å². The molecule has 1 aliphatic heterocycles. The third-order valence-corrected chi connectivity index (χ3v) is 7.37. The molecule has 1 saturated heterocycles. The first-order valence-electron chi connectivity index (χ1n) is 10.8. The lowest BCUT2D eigenvalue weighted by atomic mass is 9.95. The predicted octanol–water partition coefficient (Wildman–Crippen LogP) is 2.35. The Labute approximate surface area is 199 Å². The summed E-state index contributed by atoms with van der Waals surface area (Å²) in [6.45, 7) is 2.88. The molecule has 0 radical (unpaired) electrons. The average Bonchev–Trinajstić information content (AvgIpc) is 2.80. The molecule has 0 saturated carbocycles. The second kappa shape index (κ2) is 11.0. The number of amides is 2. The van der Waals surface area contributed by atoms with Crippen molar-refractivity contribution in [2.24, 2.45) is 11.7 Å². The minimum absolute atomic E-state index is 0.0609. The van der Waals surface area contributed by atoms with Gasteiger partial charge in [-0.15, -0.1) is 0 Å². The van der Waals surface area contributed by atoms with E-state index in [1.54, 1.807) is 11.8 Å². The van der Waals surface area contributed by atoms with Gasteiger partial charge in [0.25, 0.3) is 0 Å². The van der Waals surface area contributed by atoms with E-state index in [-0.39, 0.29) is 34.1 Å². The first kappa shape index (κ1) is 25.0. The van der Waals surface area contributed by atoms with E-state index in [4.69, 9.17) is 22.1 Å². The summed E-state index contributed by atoms with van der Waals surface area (Å²) in [5.41, 5.74) is 6.20. The van der Waals surface area contributed by atoms with Crippen LogP contribution < -0.4 is 15.2 Å². The summed E-state index contributed by atoms with van der Waals surface area (Å²) in [5.74, 6) is -0.616. The highest BCUT2D eigenvalue weighted by Gasteiger charge is 2.33. The van der Waals surface area contributed by atoms with Crippen molar-refractivity contribution in [3.8, 4) is 5.75 Å². The van der Waals surface area contributed by atoms with Gasteiger partial charge in [0.15, 0.2) is 0 Å². The molecule has 2 aromatic carbocycles. The van der Waals surface area contributed by atoms with Crippen LogP contribution in [0.15, 0.2) is 53.4 Å². The molecule has 8 nitrogen and oxygen atoms in total. The van der Waals surface area contributed by atoms with Gasteiger partial charge in [-0.05, 0) is 49.9 Å². The van der Waals surface area contributed by atoms with Gasteiger partial charge in [-0.25, -0.2) is 8.42 Å². The van der Waals surface area contributed by atoms with Gasteiger partial charge in [0.05, 0.1) is 16.5 Å². The zero-order valence-corrected chi connectivity index (χ0v) is 19.9. The van der Waals surface area contributed by atoms with Crippen molar-refractivity contribution in [2.75, 3.05) is 19.7 Å². The zero-order chi connectivity index (χ0) is 24.0. The molecule has 2 amide bonds. The fourth-order valence-corrected chi connectivity index (χ4v) is 5.33. The number of benzene rings is 2. The Morgan fingerprint density at radius 1 is 1.18 bits per heavy atom. The number of nitrogens with two attached hydrogens (primary N) is 1. The number of piperidine rings is 1. The molecule has 3 N–H and O–H groups in total. The lowest BCUT2D eigenvalue weighted by molar-refractivity contribution is -0.136. The van der Waals surface area contributed by atoms with E-state index < -0.39 is 16.1 Å². The third kappa shape index (κ3) is 6.46. The Bertz CT molecular complexity index is 1090. The van der Waals surface area contributed by atoms with Gasteiger partial charge < -0.3 is 15.4 Å². The number of halogens is 1. The minimum atomic E-state index is -4.05. The standard InChI is InChI=1S/C23H28ClN3O5S/c1-2-32-21-9-8-18(15-19(21)24)33(30,31)26-20(14-16-6-4-3-5-7-16)23(29)27-12-10-17(11-13-27)22(25)28/h3-9,15,17,20,26H,2,10-14H2,1H3,(H2,25,28)/t20-/m0/s1. The molecule has 1 heterocycles. The number of nitrogens with one attached hydrogen (secondary N) is 1. The van der Waals surface area contributed by atoms with Crippen LogP contribution in [0.25, 0.3) is 0 Å². The lowest BCUT2D eigenvalue weighted by Gasteiger charge is -2.33. The first-order chi connectivity index (χ1) is 15.7. The maximum atomic E-state index is 13.3. The second-order valence-electron chi connectivity index (χ2n) is 7.89. The van der Waals surface area contributed by atoms with E-state index in [1.807, 2.05) is 30.3 Å². The molecule has 33 heavy (non-hydrogen) atoms. The number of carbonyl (C=O) groups excluding carboxylic acids is 2. The summed E-state index contributed by atoms with van der Waals surface area (Å²) in [4.78, 5) is 26.3. The predicted molar refractivity (Wildman–Crippen MR) is 125 cm³/mol. The van der Waals surface area contributed by atoms with Crippen molar-refractivity contribution in [1.82, 2.24) is 9.62 Å². The zero-order valence-electron chi connectivity index (χ0n) is 18.4. The molecule has 1 atom stereocenters. The molecule has 0 aliphatic carbocycles. The van der Waals surface area contributed by atoms with Crippen LogP contribution in [0.4, 0.5) is 0 Å². The highest BCUT2D eigenvalue weighted by atomic mass is 35.5. The fraction of sp³-hybridized carbons (Fsp3) is 0.391. The topological polar surface area (TPSA) is 119 Å². The first-order valence-corrected chi connectivity index (χ1v) is 12.6. The number of likely N-dealkylation sites (tertiary alicyclic amines) is 1. The van der Waals surface area contributed by atoms with Crippen molar-refractivity contribution in [1.29, 1.82) is 0 Å². The van der Waals surface area contributed by atoms with Crippen LogP contribution in [0, 0.1) is 5.92 Å². The molecule has 178 valence electrons. The van der Waals surface area contributed by atoms with Gasteiger partial charge in [0, 0.05) is 19.0 Å². The van der Waals surface area contributed by atoms with Crippen LogP contribution in [0.2, 0.25) is 5.02 Å². The summed E-state index contributed by atoms with van der Waals surface area (Å²) in [5, 5.41) is 0.166. The quantitative estimate of drug-likeness (QED) is 0.555. The Hall–Kier alpha value is -2.62. The van der Waals surface area contributed by atoms with E-state index in [0.29, 0.717) is 38.3 Å². The molecule has 10 heteroatoms. The Morgan fingerprint density at radius 3 is 2.42 bits per heavy atom. The molecule has 1 aliphatic rings. The van der Waals surface area contributed by atoms with E-state index in [1.165, 1.54) is 18.2 Å². The van der Waals surface area contributed by atoms with Crippen molar-refractivity contribution in [3.05, 3.63) is 59.1 Å². The largest absolute Gasteiger partial charge is 0.492 e. The third-order valence-electron chi connectivity index (χ3n) is 5.60. The summed E-state index contributed by atoms with van der Waals surface area (Å²) in [6, 6.07) is 12.3. The van der Waals surface area contributed by atoms with Crippen LogP contribution in [0.3, 0.4) is 0 Å². The number of nitrogens with zero attached hydrogens (tertiary/aromatic N) is 1. The van der Waals surface area contributed by atoms with Crippen LogP contribution in [-0.2, 0) is 26.0 Å².